The number of ether oxygens (including phenoxy) is 1. The topological polar surface area (TPSA) is 74.1 Å². The van der Waals surface area contributed by atoms with E-state index < -0.39 is 17.2 Å². The van der Waals surface area contributed by atoms with Crippen molar-refractivity contribution in [1.82, 2.24) is 10.6 Å². The smallest absolute Gasteiger partial charge is 0.408 e. The van der Waals surface area contributed by atoms with Gasteiger partial charge in [-0.2, -0.15) is 5.26 Å². The fourth-order valence-corrected chi connectivity index (χ4v) is 3.08. The third kappa shape index (κ3) is 3.60. The van der Waals surface area contributed by atoms with E-state index in [1.807, 2.05) is 20.8 Å². The third-order valence-electron chi connectivity index (χ3n) is 3.72. The van der Waals surface area contributed by atoms with Gasteiger partial charge in [0.15, 0.2) is 0 Å². The van der Waals surface area contributed by atoms with E-state index in [4.69, 9.17) is 4.74 Å². The predicted molar refractivity (Wildman–Crippen MR) is 71.5 cm³/mol. The zero-order chi connectivity index (χ0) is 14.1. The second kappa shape index (κ2) is 5.01. The van der Waals surface area contributed by atoms with E-state index in [2.05, 4.69) is 16.7 Å². The summed E-state index contributed by atoms with van der Waals surface area (Å²) in [6, 6.07) is 2.98. The number of carbonyl (C=O) groups is 1. The lowest BCUT2D eigenvalue weighted by Crippen LogP contribution is -2.62. The Morgan fingerprint density at radius 3 is 2.42 bits per heavy atom. The Balaban J connectivity index is 2.03. The fraction of sp³-hybridized carbons (Fsp3) is 0.857. The van der Waals surface area contributed by atoms with Crippen LogP contribution in [0.25, 0.3) is 0 Å². The third-order valence-corrected chi connectivity index (χ3v) is 3.72. The highest BCUT2D eigenvalue weighted by Gasteiger charge is 2.44. The lowest BCUT2D eigenvalue weighted by atomic mass is 9.76. The summed E-state index contributed by atoms with van der Waals surface area (Å²) < 4.78 is 5.27. The number of hydrogen-bond acceptors (Lipinski definition) is 4. The van der Waals surface area contributed by atoms with Crippen LogP contribution in [0, 0.1) is 11.3 Å². The highest BCUT2D eigenvalue weighted by Crippen LogP contribution is 2.32. The maximum absolute atomic E-state index is 11.9. The molecule has 0 saturated carbocycles. The summed E-state index contributed by atoms with van der Waals surface area (Å²) in [6.07, 6.45) is 4.20. The minimum Gasteiger partial charge on any atom is -0.444 e. The molecule has 106 valence electrons. The van der Waals surface area contributed by atoms with E-state index in [9.17, 15) is 10.1 Å². The number of amides is 1. The van der Waals surface area contributed by atoms with Crippen LogP contribution in [0.15, 0.2) is 0 Å². The number of fused-ring (bicyclic) bond motifs is 2. The van der Waals surface area contributed by atoms with Gasteiger partial charge in [0.25, 0.3) is 0 Å². The summed E-state index contributed by atoms with van der Waals surface area (Å²) in [7, 11) is 0. The van der Waals surface area contributed by atoms with Crippen LogP contribution in [0.2, 0.25) is 0 Å². The van der Waals surface area contributed by atoms with Crippen molar-refractivity contribution in [3.8, 4) is 6.07 Å². The van der Waals surface area contributed by atoms with Gasteiger partial charge < -0.3 is 15.4 Å². The van der Waals surface area contributed by atoms with Crippen LogP contribution >= 0.6 is 0 Å². The van der Waals surface area contributed by atoms with Crippen molar-refractivity contribution in [3.63, 3.8) is 0 Å². The maximum Gasteiger partial charge on any atom is 0.408 e. The van der Waals surface area contributed by atoms with Crippen molar-refractivity contribution in [2.45, 2.75) is 76.1 Å². The Morgan fingerprint density at radius 1 is 1.37 bits per heavy atom. The molecule has 2 rings (SSSR count). The van der Waals surface area contributed by atoms with Crippen molar-refractivity contribution in [2.24, 2.45) is 0 Å². The van der Waals surface area contributed by atoms with Gasteiger partial charge in [0.05, 0.1) is 6.07 Å². The zero-order valence-electron chi connectivity index (χ0n) is 12.0. The highest BCUT2D eigenvalue weighted by atomic mass is 16.6. The number of nitriles is 1. The number of nitrogens with zero attached hydrogens (tertiary/aromatic N) is 1. The quantitative estimate of drug-likeness (QED) is 0.761. The standard InChI is InChI=1S/C14H23N3O2/c1-13(2,3)19-12(18)17-14(9-15)7-10-5-4-6-11(8-14)16-10/h10-11,16H,4-8H2,1-3H3,(H,17,18). The molecular weight excluding hydrogens is 242 g/mol. The highest BCUT2D eigenvalue weighted by molar-refractivity contribution is 5.69. The molecule has 0 aliphatic carbocycles. The molecule has 0 radical (unpaired) electrons. The molecule has 1 amide bonds. The van der Waals surface area contributed by atoms with Crippen molar-refractivity contribution in [2.75, 3.05) is 0 Å². The zero-order valence-corrected chi connectivity index (χ0v) is 12.0. The van der Waals surface area contributed by atoms with Gasteiger partial charge in [-0.1, -0.05) is 6.42 Å². The molecule has 2 aliphatic heterocycles. The molecule has 2 atom stereocenters. The molecule has 5 nitrogen and oxygen atoms in total. The van der Waals surface area contributed by atoms with Gasteiger partial charge in [0.1, 0.15) is 11.1 Å². The van der Waals surface area contributed by atoms with Crippen LogP contribution in [0.5, 0.6) is 0 Å². The minimum absolute atomic E-state index is 0.335. The van der Waals surface area contributed by atoms with Gasteiger partial charge in [0.2, 0.25) is 0 Å². The van der Waals surface area contributed by atoms with Crippen LogP contribution < -0.4 is 10.6 Å². The molecule has 0 aromatic heterocycles. The second-order valence-electron chi connectivity index (χ2n) is 6.72. The van der Waals surface area contributed by atoms with Gasteiger partial charge in [0, 0.05) is 12.1 Å². The van der Waals surface area contributed by atoms with Crippen LogP contribution in [0.4, 0.5) is 4.79 Å². The summed E-state index contributed by atoms with van der Waals surface area (Å²) in [5.41, 5.74) is -1.31. The molecule has 2 fully saturated rings. The summed E-state index contributed by atoms with van der Waals surface area (Å²) >= 11 is 0. The van der Waals surface area contributed by atoms with Crippen molar-refractivity contribution in [1.29, 1.82) is 5.26 Å². The van der Waals surface area contributed by atoms with E-state index >= 15 is 0 Å². The van der Waals surface area contributed by atoms with Gasteiger partial charge in [-0.15, -0.1) is 0 Å². The normalized spacial score (nSPS) is 34.2. The Bertz CT molecular complexity index is 382. The molecule has 2 unspecified atom stereocenters. The van der Waals surface area contributed by atoms with E-state index in [1.165, 1.54) is 6.42 Å². The average molecular weight is 265 g/mol. The average Bonchev–Trinajstić information content (AvgIpc) is 2.25. The minimum atomic E-state index is -0.774. The van der Waals surface area contributed by atoms with Crippen LogP contribution in [0.1, 0.15) is 52.9 Å². The first-order valence-electron chi connectivity index (χ1n) is 7.00. The molecule has 2 saturated heterocycles. The van der Waals surface area contributed by atoms with Crippen LogP contribution in [-0.2, 0) is 4.74 Å². The molecular formula is C14H23N3O2. The molecule has 0 aromatic carbocycles. The predicted octanol–water partition coefficient (Wildman–Crippen LogP) is 2.08. The first kappa shape index (κ1) is 14.1. The van der Waals surface area contributed by atoms with Crippen molar-refractivity contribution >= 4 is 6.09 Å². The van der Waals surface area contributed by atoms with E-state index in [1.54, 1.807) is 0 Å². The summed E-state index contributed by atoms with van der Waals surface area (Å²) in [5.74, 6) is 0. The fourth-order valence-electron chi connectivity index (χ4n) is 3.08. The lowest BCUT2D eigenvalue weighted by molar-refractivity contribution is 0.0429. The van der Waals surface area contributed by atoms with E-state index in [-0.39, 0.29) is 0 Å². The lowest BCUT2D eigenvalue weighted by Gasteiger charge is -2.44. The van der Waals surface area contributed by atoms with E-state index in [0.717, 1.165) is 12.8 Å². The molecule has 2 N–H and O–H groups in total. The first-order chi connectivity index (χ1) is 8.82. The number of alkyl carbamates (subject to hydrolysis) is 1. The molecule has 2 heterocycles. The van der Waals surface area contributed by atoms with Crippen LogP contribution in [-0.4, -0.2) is 29.3 Å². The Morgan fingerprint density at radius 2 is 1.95 bits per heavy atom. The van der Waals surface area contributed by atoms with Gasteiger partial charge in [-0.3, -0.25) is 0 Å². The van der Waals surface area contributed by atoms with Crippen molar-refractivity contribution < 1.29 is 9.53 Å². The molecule has 0 spiro atoms. The SMILES string of the molecule is CC(C)(C)OC(=O)NC1(C#N)CC2CCCC(C1)N2. The van der Waals surface area contributed by atoms with Gasteiger partial charge in [-0.25, -0.2) is 4.79 Å². The Labute approximate surface area is 114 Å². The maximum atomic E-state index is 11.9. The molecule has 2 bridgehead atoms. The van der Waals surface area contributed by atoms with E-state index in [0.29, 0.717) is 24.9 Å². The summed E-state index contributed by atoms with van der Waals surface area (Å²) in [6.45, 7) is 5.47. The van der Waals surface area contributed by atoms with Crippen molar-refractivity contribution in [3.05, 3.63) is 0 Å². The van der Waals surface area contributed by atoms with Crippen LogP contribution in [0.3, 0.4) is 0 Å². The number of nitrogens with one attached hydrogen (secondary N) is 2. The summed E-state index contributed by atoms with van der Waals surface area (Å²) in [4.78, 5) is 11.9. The number of rotatable bonds is 1. The first-order valence-corrected chi connectivity index (χ1v) is 7.00. The molecule has 2 aliphatic rings. The van der Waals surface area contributed by atoms with Gasteiger partial charge >= 0.3 is 6.09 Å². The number of hydrogen-bond donors (Lipinski definition) is 2. The van der Waals surface area contributed by atoms with Gasteiger partial charge in [-0.05, 0) is 46.5 Å². The number of carbonyl (C=O) groups excluding carboxylic acids is 1. The summed E-state index contributed by atoms with van der Waals surface area (Å²) in [5, 5.41) is 15.8. The molecule has 0 aromatic rings. The number of piperidine rings is 2. The molecule has 19 heavy (non-hydrogen) atoms. The molecule has 5 heteroatoms. The largest absolute Gasteiger partial charge is 0.444 e. The monoisotopic (exact) mass is 265 g/mol. The Hall–Kier alpha value is -1.28. The Kier molecular flexibility index (Phi) is 3.73. The second-order valence-corrected chi connectivity index (χ2v) is 6.72.